The van der Waals surface area contributed by atoms with Crippen LogP contribution in [0.1, 0.15) is 357 Å². The average Bonchev–Trinajstić information content (AvgIpc) is 3.63. The van der Waals surface area contributed by atoms with Crippen molar-refractivity contribution in [2.45, 2.75) is 375 Å². The number of rotatable bonds is 69. The van der Waals surface area contributed by atoms with Crippen LogP contribution in [0.2, 0.25) is 0 Å². The lowest BCUT2D eigenvalue weighted by Crippen LogP contribution is -2.30. The van der Waals surface area contributed by atoms with Gasteiger partial charge in [-0.25, -0.2) is 9.13 Å². The van der Waals surface area contributed by atoms with E-state index in [1.54, 1.807) is 0 Å². The summed E-state index contributed by atoms with van der Waals surface area (Å²) in [6, 6.07) is 0. The lowest BCUT2D eigenvalue weighted by molar-refractivity contribution is -0.161. The molecule has 0 fully saturated rings. The van der Waals surface area contributed by atoms with Crippen molar-refractivity contribution in [3.63, 3.8) is 0 Å². The number of aliphatic hydroxyl groups excluding tert-OH is 1. The van der Waals surface area contributed by atoms with Crippen LogP contribution >= 0.6 is 15.6 Å². The number of aliphatic hydroxyl groups is 1. The smallest absolute Gasteiger partial charge is 0.462 e. The predicted molar refractivity (Wildman–Crippen MR) is 367 cm³/mol. The van der Waals surface area contributed by atoms with E-state index in [9.17, 15) is 43.2 Å². The van der Waals surface area contributed by atoms with Gasteiger partial charge >= 0.3 is 39.5 Å². The molecule has 0 aliphatic rings. The van der Waals surface area contributed by atoms with E-state index in [0.29, 0.717) is 31.6 Å². The molecule has 17 nitrogen and oxygen atoms in total. The normalized spacial score (nSPS) is 14.8. The average molecular weight is 1340 g/mol. The number of carbonyl (C=O) groups is 4. The highest BCUT2D eigenvalue weighted by Crippen LogP contribution is 2.45. The number of ether oxygens (including phenoxy) is 4. The summed E-state index contributed by atoms with van der Waals surface area (Å²) >= 11 is 0. The van der Waals surface area contributed by atoms with Gasteiger partial charge in [-0.1, -0.05) is 306 Å². The molecule has 0 heterocycles. The number of phosphoric ester groups is 2. The Morgan fingerprint density at radius 3 is 0.780 bits per heavy atom. The Morgan fingerprint density at radius 1 is 0.308 bits per heavy atom. The maximum atomic E-state index is 13.0. The van der Waals surface area contributed by atoms with Gasteiger partial charge in [0.15, 0.2) is 12.2 Å². The number of hydrogen-bond donors (Lipinski definition) is 3. The second-order valence-corrected chi connectivity index (χ2v) is 30.3. The van der Waals surface area contributed by atoms with Gasteiger partial charge in [-0.15, -0.1) is 0 Å². The standard InChI is InChI=1S/C72H140O17P2/c1-9-64(7)50-42-34-26-20-15-13-11-12-14-16-22-28-38-46-54-71(76)88-67(58-82-69(74)52-44-36-27-21-18-17-19-24-32-40-48-62(3)4)60-86-90(78,79)84-56-66(73)57-85-91(80,81)87-61-68(89-72(77)55-47-39-31-30-35-43-51-65(8)10-2)59-83-70(75)53-45-37-29-23-25-33-41-49-63(5)6/h62-68,73H,9-61H2,1-8H3,(H,78,79)(H,80,81)/t64?,65?,66?,67-,68-/m1/s1. The summed E-state index contributed by atoms with van der Waals surface area (Å²) in [6.07, 6.45) is 44.5. The van der Waals surface area contributed by atoms with Crippen molar-refractivity contribution in [1.29, 1.82) is 0 Å². The van der Waals surface area contributed by atoms with Crippen molar-refractivity contribution in [2.75, 3.05) is 39.6 Å². The Labute approximate surface area is 556 Å². The van der Waals surface area contributed by atoms with Gasteiger partial charge < -0.3 is 33.8 Å². The summed E-state index contributed by atoms with van der Waals surface area (Å²) in [5, 5.41) is 10.6. The zero-order valence-electron chi connectivity index (χ0n) is 59.5. The van der Waals surface area contributed by atoms with Crippen LogP contribution in [0.3, 0.4) is 0 Å². The van der Waals surface area contributed by atoms with Crippen LogP contribution < -0.4 is 0 Å². The maximum Gasteiger partial charge on any atom is 0.472 e. The van der Waals surface area contributed by atoms with Crippen molar-refractivity contribution >= 4 is 39.5 Å². The van der Waals surface area contributed by atoms with Crippen molar-refractivity contribution in [3.05, 3.63) is 0 Å². The highest BCUT2D eigenvalue weighted by atomic mass is 31.2. The zero-order valence-corrected chi connectivity index (χ0v) is 61.3. The number of hydrogen-bond acceptors (Lipinski definition) is 15. The van der Waals surface area contributed by atoms with Gasteiger partial charge in [-0.3, -0.25) is 37.3 Å². The van der Waals surface area contributed by atoms with Gasteiger partial charge in [0.25, 0.3) is 0 Å². The Bertz CT molecular complexity index is 1800. The van der Waals surface area contributed by atoms with Crippen molar-refractivity contribution in [2.24, 2.45) is 23.7 Å². The number of unbranched alkanes of at least 4 members (excludes halogenated alkanes) is 33. The minimum atomic E-state index is -4.95. The number of carbonyl (C=O) groups excluding carboxylic acids is 4. The van der Waals surface area contributed by atoms with E-state index in [-0.39, 0.29) is 25.7 Å². The lowest BCUT2D eigenvalue weighted by Gasteiger charge is -2.21. The minimum Gasteiger partial charge on any atom is -0.462 e. The van der Waals surface area contributed by atoms with E-state index in [1.807, 2.05) is 0 Å². The molecule has 0 saturated carbocycles. The van der Waals surface area contributed by atoms with E-state index in [1.165, 1.54) is 154 Å². The van der Waals surface area contributed by atoms with Crippen LogP contribution in [0.4, 0.5) is 0 Å². The van der Waals surface area contributed by atoms with Crippen LogP contribution in [0.15, 0.2) is 0 Å². The van der Waals surface area contributed by atoms with Crippen molar-refractivity contribution in [1.82, 2.24) is 0 Å². The molecule has 7 atom stereocenters. The lowest BCUT2D eigenvalue weighted by atomic mass is 9.99. The van der Waals surface area contributed by atoms with E-state index in [4.69, 9.17) is 37.0 Å². The largest absolute Gasteiger partial charge is 0.472 e. The Balaban J connectivity index is 5.24. The molecule has 0 aromatic rings. The van der Waals surface area contributed by atoms with Crippen LogP contribution in [-0.2, 0) is 65.4 Å². The second-order valence-electron chi connectivity index (χ2n) is 27.4. The van der Waals surface area contributed by atoms with E-state index < -0.39 is 97.5 Å². The fraction of sp³-hybridized carbons (Fsp3) is 0.944. The molecule has 3 N–H and O–H groups in total. The molecule has 0 aliphatic carbocycles. The summed E-state index contributed by atoms with van der Waals surface area (Å²) in [5.41, 5.74) is 0. The third-order valence-electron chi connectivity index (χ3n) is 17.3. The fourth-order valence-corrected chi connectivity index (χ4v) is 12.4. The van der Waals surface area contributed by atoms with Crippen LogP contribution in [-0.4, -0.2) is 96.7 Å². The quantitative estimate of drug-likeness (QED) is 0.0222. The van der Waals surface area contributed by atoms with Crippen LogP contribution in [0.5, 0.6) is 0 Å². The second kappa shape index (κ2) is 61.6. The molecule has 0 radical (unpaired) electrons. The first kappa shape index (κ1) is 89.1. The molecule has 0 aromatic heterocycles. The number of phosphoric acid groups is 2. The minimum absolute atomic E-state index is 0.102. The first-order valence-corrected chi connectivity index (χ1v) is 40.3. The molecule has 0 rings (SSSR count). The third-order valence-corrected chi connectivity index (χ3v) is 19.2. The molecule has 91 heavy (non-hydrogen) atoms. The zero-order chi connectivity index (χ0) is 67.5. The Morgan fingerprint density at radius 2 is 0.527 bits per heavy atom. The SMILES string of the molecule is CCC(C)CCCCCCCCCCCCCCCCC(=O)O[C@H](COC(=O)CCCCCCCCCCCCC(C)C)COP(=O)(O)OCC(O)COP(=O)(O)OC[C@@H](COC(=O)CCCCCCCCCC(C)C)OC(=O)CCCCCCCCC(C)CC. The van der Waals surface area contributed by atoms with Crippen molar-refractivity contribution in [3.8, 4) is 0 Å². The topological polar surface area (TPSA) is 237 Å². The third kappa shape index (κ3) is 63.9. The predicted octanol–water partition coefficient (Wildman–Crippen LogP) is 20.5. The molecule has 19 heteroatoms. The van der Waals surface area contributed by atoms with Gasteiger partial charge in [0, 0.05) is 25.7 Å². The molecule has 0 saturated heterocycles. The maximum absolute atomic E-state index is 13.0. The highest BCUT2D eigenvalue weighted by Gasteiger charge is 2.30. The summed E-state index contributed by atoms with van der Waals surface area (Å²) in [4.78, 5) is 72.6. The van der Waals surface area contributed by atoms with E-state index in [0.717, 1.165) is 114 Å². The van der Waals surface area contributed by atoms with Crippen LogP contribution in [0, 0.1) is 23.7 Å². The van der Waals surface area contributed by atoms with Gasteiger partial charge in [0.1, 0.15) is 19.3 Å². The molecule has 0 amide bonds. The van der Waals surface area contributed by atoms with Gasteiger partial charge in [-0.2, -0.15) is 0 Å². The number of esters is 4. The molecule has 0 aromatic carbocycles. The van der Waals surface area contributed by atoms with Crippen molar-refractivity contribution < 1.29 is 80.2 Å². The first-order valence-electron chi connectivity index (χ1n) is 37.3. The molecule has 0 aliphatic heterocycles. The summed E-state index contributed by atoms with van der Waals surface area (Å²) in [6.45, 7) is 14.1. The molecule has 5 unspecified atom stereocenters. The van der Waals surface area contributed by atoms with E-state index >= 15 is 0 Å². The highest BCUT2D eigenvalue weighted by molar-refractivity contribution is 7.47. The molecule has 0 bridgehead atoms. The van der Waals surface area contributed by atoms with Crippen LogP contribution in [0.25, 0.3) is 0 Å². The fourth-order valence-electron chi connectivity index (χ4n) is 10.8. The molecular formula is C72H140O17P2. The van der Waals surface area contributed by atoms with Gasteiger partial charge in [-0.05, 0) is 49.4 Å². The Kier molecular flexibility index (Phi) is 60.3. The first-order chi connectivity index (χ1) is 43.7. The van der Waals surface area contributed by atoms with Gasteiger partial charge in [0.2, 0.25) is 0 Å². The molecule has 0 spiro atoms. The molecular weight excluding hydrogens is 1200 g/mol. The monoisotopic (exact) mass is 1340 g/mol. The Hall–Kier alpha value is -1.94. The van der Waals surface area contributed by atoms with Gasteiger partial charge in [0.05, 0.1) is 26.4 Å². The molecule has 540 valence electrons. The summed E-state index contributed by atoms with van der Waals surface area (Å²) < 4.78 is 68.3. The summed E-state index contributed by atoms with van der Waals surface area (Å²) in [5.74, 6) is 0.900. The summed E-state index contributed by atoms with van der Waals surface area (Å²) in [7, 11) is -9.91. The van der Waals surface area contributed by atoms with E-state index in [2.05, 4.69) is 55.4 Å².